The fraction of sp³-hybridized carbons (Fsp3) is 0.333. The molecular weight excluding hydrogens is 264 g/mol. The lowest BCUT2D eigenvalue weighted by atomic mass is 10.0. The van der Waals surface area contributed by atoms with Crippen LogP contribution in [-0.4, -0.2) is 6.61 Å². The largest absolute Gasteiger partial charge is 0.493 e. The number of hydrogen-bond acceptors (Lipinski definition) is 2. The Balaban J connectivity index is 1.94. The van der Waals surface area contributed by atoms with Crippen LogP contribution in [0.5, 0.6) is 5.75 Å². The molecule has 0 aliphatic carbocycles. The molecule has 1 unspecified atom stereocenters. The van der Waals surface area contributed by atoms with Gasteiger partial charge in [-0.15, -0.1) is 22.9 Å². The van der Waals surface area contributed by atoms with Gasteiger partial charge in [0.15, 0.2) is 0 Å². The van der Waals surface area contributed by atoms with Gasteiger partial charge in [-0.3, -0.25) is 0 Å². The van der Waals surface area contributed by atoms with E-state index in [0.29, 0.717) is 0 Å². The van der Waals surface area contributed by atoms with Crippen molar-refractivity contribution in [2.75, 3.05) is 6.61 Å². The molecule has 1 aliphatic rings. The Bertz CT molecular complexity index is 569. The van der Waals surface area contributed by atoms with Crippen LogP contribution in [0.25, 0.3) is 0 Å². The van der Waals surface area contributed by atoms with Crippen LogP contribution < -0.4 is 4.74 Å². The fourth-order valence-electron chi connectivity index (χ4n) is 2.26. The van der Waals surface area contributed by atoms with Gasteiger partial charge in [0.2, 0.25) is 0 Å². The zero-order valence-electron chi connectivity index (χ0n) is 10.5. The van der Waals surface area contributed by atoms with Crippen LogP contribution in [0.15, 0.2) is 24.3 Å². The van der Waals surface area contributed by atoms with E-state index >= 15 is 0 Å². The van der Waals surface area contributed by atoms with Crippen LogP contribution >= 0.6 is 22.9 Å². The summed E-state index contributed by atoms with van der Waals surface area (Å²) in [5.41, 5.74) is 3.77. The molecule has 0 saturated heterocycles. The van der Waals surface area contributed by atoms with E-state index < -0.39 is 0 Å². The van der Waals surface area contributed by atoms with Gasteiger partial charge in [-0.25, -0.2) is 0 Å². The third-order valence-corrected chi connectivity index (χ3v) is 5.27. The molecule has 1 aromatic carbocycles. The molecule has 18 heavy (non-hydrogen) atoms. The summed E-state index contributed by atoms with van der Waals surface area (Å²) in [6, 6.07) is 8.50. The van der Waals surface area contributed by atoms with E-state index in [1.54, 1.807) is 11.3 Å². The summed E-state index contributed by atoms with van der Waals surface area (Å²) in [7, 11) is 0. The Hall–Kier alpha value is -0.990. The van der Waals surface area contributed by atoms with Gasteiger partial charge in [-0.05, 0) is 42.7 Å². The van der Waals surface area contributed by atoms with Gasteiger partial charge in [-0.1, -0.05) is 12.1 Å². The third-order valence-electron chi connectivity index (χ3n) is 3.44. The average Bonchev–Trinajstić information content (AvgIpc) is 2.95. The van der Waals surface area contributed by atoms with Crippen molar-refractivity contribution in [2.45, 2.75) is 25.6 Å². The Labute approximate surface area is 116 Å². The SMILES string of the molecule is Cc1cc(C(Cl)c2ccc3c(c2)CCO3)sc1C. The van der Waals surface area contributed by atoms with E-state index in [9.17, 15) is 0 Å². The van der Waals surface area contributed by atoms with Gasteiger partial charge in [0, 0.05) is 16.2 Å². The molecule has 1 aliphatic heterocycles. The van der Waals surface area contributed by atoms with E-state index in [-0.39, 0.29) is 5.38 Å². The number of rotatable bonds is 2. The Kier molecular flexibility index (Phi) is 3.08. The van der Waals surface area contributed by atoms with Crippen LogP contribution in [0, 0.1) is 13.8 Å². The normalized spacial score (nSPS) is 15.3. The van der Waals surface area contributed by atoms with E-state index in [4.69, 9.17) is 16.3 Å². The first-order valence-corrected chi connectivity index (χ1v) is 7.37. The number of halogens is 1. The van der Waals surface area contributed by atoms with Crippen molar-refractivity contribution in [2.24, 2.45) is 0 Å². The zero-order chi connectivity index (χ0) is 12.7. The fourth-order valence-corrected chi connectivity index (χ4v) is 3.64. The van der Waals surface area contributed by atoms with Crippen LogP contribution in [0.1, 0.15) is 31.8 Å². The minimum Gasteiger partial charge on any atom is -0.493 e. The predicted octanol–water partition coefficient (Wildman–Crippen LogP) is 4.63. The molecule has 2 heterocycles. The molecule has 0 spiro atoms. The van der Waals surface area contributed by atoms with Crippen molar-refractivity contribution in [1.82, 2.24) is 0 Å². The van der Waals surface area contributed by atoms with Crippen molar-refractivity contribution in [3.8, 4) is 5.75 Å². The molecule has 1 aromatic heterocycles. The smallest absolute Gasteiger partial charge is 0.122 e. The first-order valence-electron chi connectivity index (χ1n) is 6.12. The lowest BCUT2D eigenvalue weighted by Crippen LogP contribution is -1.91. The van der Waals surface area contributed by atoms with E-state index in [1.807, 2.05) is 6.07 Å². The third kappa shape index (κ3) is 2.04. The number of thiophene rings is 1. The van der Waals surface area contributed by atoms with Gasteiger partial charge in [0.1, 0.15) is 5.75 Å². The minimum atomic E-state index is -0.0479. The predicted molar refractivity (Wildman–Crippen MR) is 77.1 cm³/mol. The highest BCUT2D eigenvalue weighted by Crippen LogP contribution is 2.37. The van der Waals surface area contributed by atoms with Crippen molar-refractivity contribution < 1.29 is 4.74 Å². The average molecular weight is 279 g/mol. The Morgan fingerprint density at radius 2 is 2.11 bits per heavy atom. The number of hydrogen-bond donors (Lipinski definition) is 0. The second kappa shape index (κ2) is 4.60. The molecule has 3 heteroatoms. The topological polar surface area (TPSA) is 9.23 Å². The summed E-state index contributed by atoms with van der Waals surface area (Å²) in [5, 5.41) is -0.0479. The number of fused-ring (bicyclic) bond motifs is 1. The highest BCUT2D eigenvalue weighted by molar-refractivity contribution is 7.12. The molecule has 94 valence electrons. The van der Waals surface area contributed by atoms with Gasteiger partial charge in [0.05, 0.1) is 12.0 Å². The van der Waals surface area contributed by atoms with Gasteiger partial charge in [-0.2, -0.15) is 0 Å². The van der Waals surface area contributed by atoms with Crippen LogP contribution in [0.4, 0.5) is 0 Å². The van der Waals surface area contributed by atoms with Crippen molar-refractivity contribution in [1.29, 1.82) is 0 Å². The maximum Gasteiger partial charge on any atom is 0.122 e. The molecule has 3 rings (SSSR count). The number of ether oxygens (including phenoxy) is 1. The highest BCUT2D eigenvalue weighted by Gasteiger charge is 2.18. The Morgan fingerprint density at radius 3 is 2.83 bits per heavy atom. The van der Waals surface area contributed by atoms with E-state index in [2.05, 4.69) is 32.0 Å². The number of benzene rings is 1. The molecule has 2 aromatic rings. The second-order valence-electron chi connectivity index (χ2n) is 4.72. The summed E-state index contributed by atoms with van der Waals surface area (Å²) < 4.78 is 5.52. The molecule has 0 radical (unpaired) electrons. The van der Waals surface area contributed by atoms with Crippen molar-refractivity contribution >= 4 is 22.9 Å². The maximum absolute atomic E-state index is 6.59. The lowest BCUT2D eigenvalue weighted by molar-refractivity contribution is 0.357. The molecule has 0 N–H and O–H groups in total. The first kappa shape index (κ1) is 12.1. The molecule has 1 nitrogen and oxygen atoms in total. The second-order valence-corrected chi connectivity index (χ2v) is 6.44. The molecular formula is C15H15ClOS. The maximum atomic E-state index is 6.59. The summed E-state index contributed by atoms with van der Waals surface area (Å²) in [4.78, 5) is 2.57. The van der Waals surface area contributed by atoms with Gasteiger partial charge >= 0.3 is 0 Å². The quantitative estimate of drug-likeness (QED) is 0.728. The summed E-state index contributed by atoms with van der Waals surface area (Å²) in [5.74, 6) is 1.01. The standard InChI is InChI=1S/C15H15ClOS/c1-9-7-14(18-10(9)2)15(16)12-3-4-13-11(8-12)5-6-17-13/h3-4,7-8,15H,5-6H2,1-2H3. The highest BCUT2D eigenvalue weighted by atomic mass is 35.5. The summed E-state index contributed by atoms with van der Waals surface area (Å²) in [6.45, 7) is 5.07. The van der Waals surface area contributed by atoms with Crippen LogP contribution in [0.2, 0.25) is 0 Å². The minimum absolute atomic E-state index is 0.0479. The molecule has 0 fully saturated rings. The van der Waals surface area contributed by atoms with Gasteiger partial charge in [0.25, 0.3) is 0 Å². The zero-order valence-corrected chi connectivity index (χ0v) is 12.1. The summed E-state index contributed by atoms with van der Waals surface area (Å²) in [6.07, 6.45) is 0.995. The number of alkyl halides is 1. The molecule has 0 saturated carbocycles. The molecule has 0 amide bonds. The van der Waals surface area contributed by atoms with Gasteiger partial charge < -0.3 is 4.74 Å². The first-order chi connectivity index (χ1) is 8.65. The van der Waals surface area contributed by atoms with E-state index in [0.717, 1.165) is 18.8 Å². The molecule has 0 bridgehead atoms. The van der Waals surface area contributed by atoms with Crippen LogP contribution in [0.3, 0.4) is 0 Å². The lowest BCUT2D eigenvalue weighted by Gasteiger charge is -2.09. The monoisotopic (exact) mass is 278 g/mol. The Morgan fingerprint density at radius 1 is 1.28 bits per heavy atom. The van der Waals surface area contributed by atoms with Crippen molar-refractivity contribution in [3.63, 3.8) is 0 Å². The van der Waals surface area contributed by atoms with Crippen LogP contribution in [-0.2, 0) is 6.42 Å². The van der Waals surface area contributed by atoms with E-state index in [1.165, 1.54) is 26.4 Å². The van der Waals surface area contributed by atoms with Crippen molar-refractivity contribution in [3.05, 3.63) is 50.7 Å². The summed E-state index contributed by atoms with van der Waals surface area (Å²) >= 11 is 8.38. The number of aryl methyl sites for hydroxylation is 2. The molecule has 1 atom stereocenters.